The van der Waals surface area contributed by atoms with Crippen LogP contribution in [-0.2, 0) is 4.79 Å². The normalized spacial score (nSPS) is 12.0. The van der Waals surface area contributed by atoms with E-state index in [1.807, 2.05) is 13.0 Å². The Hall–Kier alpha value is -1.26. The second kappa shape index (κ2) is 5.72. The highest BCUT2D eigenvalue weighted by Crippen LogP contribution is 2.25. The predicted molar refractivity (Wildman–Crippen MR) is 67.9 cm³/mol. The standard InChI is InChI=1S/C11H16ClN3O/c1-7(6-13)14-9-3-4-11(10(12)5-9)15-8(2)16/h3-5,7,14H,6,13H2,1-2H3,(H,15,16). The van der Waals surface area contributed by atoms with Gasteiger partial charge in [-0.05, 0) is 25.1 Å². The first-order valence-electron chi connectivity index (χ1n) is 5.06. The van der Waals surface area contributed by atoms with Gasteiger partial charge in [0.2, 0.25) is 5.91 Å². The van der Waals surface area contributed by atoms with E-state index in [2.05, 4.69) is 10.6 Å². The molecule has 0 aromatic heterocycles. The maximum Gasteiger partial charge on any atom is 0.221 e. The summed E-state index contributed by atoms with van der Waals surface area (Å²) in [5.74, 6) is -0.141. The summed E-state index contributed by atoms with van der Waals surface area (Å²) in [6.07, 6.45) is 0. The van der Waals surface area contributed by atoms with Crippen molar-refractivity contribution in [3.63, 3.8) is 0 Å². The second-order valence-electron chi connectivity index (χ2n) is 3.66. The van der Waals surface area contributed by atoms with Crippen LogP contribution in [0.15, 0.2) is 18.2 Å². The van der Waals surface area contributed by atoms with Crippen LogP contribution in [0.2, 0.25) is 5.02 Å². The maximum absolute atomic E-state index is 10.9. The molecule has 5 heteroatoms. The molecule has 0 spiro atoms. The van der Waals surface area contributed by atoms with E-state index in [1.54, 1.807) is 12.1 Å². The molecule has 4 N–H and O–H groups in total. The first-order valence-corrected chi connectivity index (χ1v) is 5.44. The number of carbonyl (C=O) groups is 1. The minimum atomic E-state index is -0.141. The molecule has 0 aliphatic heterocycles. The number of nitrogens with one attached hydrogen (secondary N) is 2. The van der Waals surface area contributed by atoms with Gasteiger partial charge in [-0.1, -0.05) is 11.6 Å². The number of carbonyl (C=O) groups excluding carboxylic acids is 1. The lowest BCUT2D eigenvalue weighted by atomic mass is 10.2. The van der Waals surface area contributed by atoms with E-state index < -0.39 is 0 Å². The van der Waals surface area contributed by atoms with Crippen molar-refractivity contribution in [3.8, 4) is 0 Å². The third-order valence-corrected chi connectivity index (χ3v) is 2.36. The number of rotatable bonds is 4. The summed E-state index contributed by atoms with van der Waals surface area (Å²) in [4.78, 5) is 10.9. The van der Waals surface area contributed by atoms with Gasteiger partial charge >= 0.3 is 0 Å². The molecule has 16 heavy (non-hydrogen) atoms. The summed E-state index contributed by atoms with van der Waals surface area (Å²) in [6.45, 7) is 3.97. The first kappa shape index (κ1) is 12.8. The van der Waals surface area contributed by atoms with Gasteiger partial charge < -0.3 is 16.4 Å². The monoisotopic (exact) mass is 241 g/mol. The van der Waals surface area contributed by atoms with Crippen molar-refractivity contribution in [2.24, 2.45) is 5.73 Å². The number of hydrogen-bond donors (Lipinski definition) is 3. The van der Waals surface area contributed by atoms with E-state index >= 15 is 0 Å². The topological polar surface area (TPSA) is 67.2 Å². The van der Waals surface area contributed by atoms with E-state index in [0.29, 0.717) is 17.3 Å². The average Bonchev–Trinajstić information content (AvgIpc) is 2.21. The van der Waals surface area contributed by atoms with Crippen LogP contribution in [0.4, 0.5) is 11.4 Å². The van der Waals surface area contributed by atoms with E-state index in [4.69, 9.17) is 17.3 Å². The highest BCUT2D eigenvalue weighted by molar-refractivity contribution is 6.34. The number of benzene rings is 1. The van der Waals surface area contributed by atoms with Gasteiger partial charge in [-0.25, -0.2) is 0 Å². The van der Waals surface area contributed by atoms with Crippen molar-refractivity contribution < 1.29 is 4.79 Å². The van der Waals surface area contributed by atoms with Crippen molar-refractivity contribution in [2.75, 3.05) is 17.2 Å². The van der Waals surface area contributed by atoms with E-state index in [1.165, 1.54) is 6.92 Å². The fourth-order valence-corrected chi connectivity index (χ4v) is 1.47. The second-order valence-corrected chi connectivity index (χ2v) is 4.06. The fraction of sp³-hybridized carbons (Fsp3) is 0.364. The van der Waals surface area contributed by atoms with Crippen LogP contribution in [0.1, 0.15) is 13.8 Å². The summed E-state index contributed by atoms with van der Waals surface area (Å²) < 4.78 is 0. The largest absolute Gasteiger partial charge is 0.381 e. The average molecular weight is 242 g/mol. The Balaban J connectivity index is 2.78. The van der Waals surface area contributed by atoms with Crippen molar-refractivity contribution in [2.45, 2.75) is 19.9 Å². The molecular formula is C11H16ClN3O. The quantitative estimate of drug-likeness (QED) is 0.756. The Kier molecular flexibility index (Phi) is 4.58. The van der Waals surface area contributed by atoms with Crippen LogP contribution in [-0.4, -0.2) is 18.5 Å². The summed E-state index contributed by atoms with van der Waals surface area (Å²) in [7, 11) is 0. The minimum Gasteiger partial charge on any atom is -0.381 e. The van der Waals surface area contributed by atoms with Gasteiger partial charge in [0.05, 0.1) is 10.7 Å². The van der Waals surface area contributed by atoms with Crippen LogP contribution >= 0.6 is 11.6 Å². The Morgan fingerprint density at radius 2 is 2.25 bits per heavy atom. The van der Waals surface area contributed by atoms with Gasteiger partial charge in [0.1, 0.15) is 0 Å². The number of halogens is 1. The zero-order chi connectivity index (χ0) is 12.1. The first-order chi connectivity index (χ1) is 7.52. The van der Waals surface area contributed by atoms with E-state index in [-0.39, 0.29) is 11.9 Å². The molecule has 0 saturated carbocycles. The van der Waals surface area contributed by atoms with Crippen molar-refractivity contribution in [1.82, 2.24) is 0 Å². The number of anilines is 2. The molecule has 0 fully saturated rings. The van der Waals surface area contributed by atoms with Gasteiger partial charge in [0, 0.05) is 25.2 Å². The third-order valence-electron chi connectivity index (χ3n) is 2.05. The van der Waals surface area contributed by atoms with Gasteiger partial charge in [0.15, 0.2) is 0 Å². The highest BCUT2D eigenvalue weighted by Gasteiger charge is 2.04. The van der Waals surface area contributed by atoms with Crippen LogP contribution in [0.25, 0.3) is 0 Å². The molecule has 1 aromatic carbocycles. The lowest BCUT2D eigenvalue weighted by Gasteiger charge is -2.14. The number of amides is 1. The van der Waals surface area contributed by atoms with E-state index in [9.17, 15) is 4.79 Å². The lowest BCUT2D eigenvalue weighted by molar-refractivity contribution is -0.114. The summed E-state index contributed by atoms with van der Waals surface area (Å²) >= 11 is 6.01. The summed E-state index contributed by atoms with van der Waals surface area (Å²) in [6, 6.07) is 5.56. The van der Waals surface area contributed by atoms with Gasteiger partial charge in [0.25, 0.3) is 0 Å². The van der Waals surface area contributed by atoms with Crippen LogP contribution in [0, 0.1) is 0 Å². The Labute approximate surface area is 100 Å². The smallest absolute Gasteiger partial charge is 0.221 e. The van der Waals surface area contributed by atoms with Crippen LogP contribution in [0.5, 0.6) is 0 Å². The minimum absolute atomic E-state index is 0.141. The summed E-state index contributed by atoms with van der Waals surface area (Å²) in [5, 5.41) is 6.34. The van der Waals surface area contributed by atoms with Crippen LogP contribution < -0.4 is 16.4 Å². The fourth-order valence-electron chi connectivity index (χ4n) is 1.24. The molecule has 1 aromatic rings. The van der Waals surface area contributed by atoms with Crippen molar-refractivity contribution >= 4 is 28.9 Å². The highest BCUT2D eigenvalue weighted by atomic mass is 35.5. The maximum atomic E-state index is 10.9. The lowest BCUT2D eigenvalue weighted by Crippen LogP contribution is -2.25. The van der Waals surface area contributed by atoms with Gasteiger partial charge in [-0.3, -0.25) is 4.79 Å². The van der Waals surface area contributed by atoms with Crippen molar-refractivity contribution in [1.29, 1.82) is 0 Å². The third kappa shape index (κ3) is 3.72. The molecule has 0 aliphatic carbocycles. The molecule has 0 bridgehead atoms. The molecule has 1 rings (SSSR count). The zero-order valence-corrected chi connectivity index (χ0v) is 10.1. The molecule has 1 amide bonds. The Morgan fingerprint density at radius 3 is 2.75 bits per heavy atom. The molecular weight excluding hydrogens is 226 g/mol. The molecule has 1 unspecified atom stereocenters. The van der Waals surface area contributed by atoms with Gasteiger partial charge in [-0.2, -0.15) is 0 Å². The molecule has 88 valence electrons. The number of nitrogens with two attached hydrogens (primary N) is 1. The molecule has 0 aliphatic rings. The Morgan fingerprint density at radius 1 is 1.56 bits per heavy atom. The predicted octanol–water partition coefficient (Wildman–Crippen LogP) is 2.06. The number of hydrogen-bond acceptors (Lipinski definition) is 3. The van der Waals surface area contributed by atoms with Gasteiger partial charge in [-0.15, -0.1) is 0 Å². The summed E-state index contributed by atoms with van der Waals surface area (Å²) in [5.41, 5.74) is 7.00. The molecule has 4 nitrogen and oxygen atoms in total. The SMILES string of the molecule is CC(=O)Nc1ccc(NC(C)CN)cc1Cl. The Bertz CT molecular complexity index is 381. The molecule has 0 radical (unpaired) electrons. The zero-order valence-electron chi connectivity index (χ0n) is 9.38. The molecule has 1 atom stereocenters. The molecule has 0 saturated heterocycles. The van der Waals surface area contributed by atoms with Crippen molar-refractivity contribution in [3.05, 3.63) is 23.2 Å². The van der Waals surface area contributed by atoms with E-state index in [0.717, 1.165) is 5.69 Å². The van der Waals surface area contributed by atoms with Crippen LogP contribution in [0.3, 0.4) is 0 Å². The molecule has 0 heterocycles.